The van der Waals surface area contributed by atoms with Gasteiger partial charge in [-0.2, -0.15) is 0 Å². The molecule has 0 saturated carbocycles. The second-order valence-corrected chi connectivity index (χ2v) is 14.3. The van der Waals surface area contributed by atoms with Crippen LogP contribution >= 0.6 is 0 Å². The van der Waals surface area contributed by atoms with Crippen LogP contribution in [0.4, 0.5) is 11.4 Å². The van der Waals surface area contributed by atoms with Crippen molar-refractivity contribution in [2.45, 2.75) is 57.7 Å². The zero-order valence-corrected chi connectivity index (χ0v) is 30.0. The molecule has 0 spiro atoms. The fourth-order valence-electron chi connectivity index (χ4n) is 7.84. The van der Waals surface area contributed by atoms with Crippen LogP contribution in [-0.2, 0) is 22.6 Å². The fourth-order valence-corrected chi connectivity index (χ4v) is 7.84. The molecular formula is C39H41N9O6. The highest BCUT2D eigenvalue weighted by Gasteiger charge is 2.44. The number of rotatable bonds is 8. The van der Waals surface area contributed by atoms with Gasteiger partial charge in [0.1, 0.15) is 11.7 Å². The first kappa shape index (κ1) is 35.1. The van der Waals surface area contributed by atoms with Crippen molar-refractivity contribution in [2.75, 3.05) is 49.1 Å². The number of hydrogen-bond donors (Lipinski definition) is 3. The molecule has 278 valence electrons. The number of aryl methyl sites for hydroxylation is 1. The lowest BCUT2D eigenvalue weighted by molar-refractivity contribution is -0.136. The number of carbonyl (C=O) groups is 5. The summed E-state index contributed by atoms with van der Waals surface area (Å²) in [5.41, 5.74) is 5.88. The van der Waals surface area contributed by atoms with Gasteiger partial charge in [-0.05, 0) is 73.7 Å². The Morgan fingerprint density at radius 1 is 0.815 bits per heavy atom. The number of H-pyrrole nitrogens is 1. The molecule has 5 amide bonds. The third-order valence-electron chi connectivity index (χ3n) is 10.9. The Bertz CT molecular complexity index is 2220. The molecule has 3 aromatic heterocycles. The maximum absolute atomic E-state index is 13.3. The van der Waals surface area contributed by atoms with E-state index in [1.54, 1.807) is 30.5 Å². The summed E-state index contributed by atoms with van der Waals surface area (Å²) in [4.78, 5) is 95.5. The number of nitrogens with one attached hydrogen (secondary N) is 3. The molecular weight excluding hydrogens is 690 g/mol. The highest BCUT2D eigenvalue weighted by atomic mass is 16.2. The van der Waals surface area contributed by atoms with Crippen molar-refractivity contribution < 1.29 is 24.0 Å². The molecule has 0 aliphatic carbocycles. The molecule has 3 fully saturated rings. The van der Waals surface area contributed by atoms with Gasteiger partial charge < -0.3 is 20.1 Å². The zero-order chi connectivity index (χ0) is 37.5. The summed E-state index contributed by atoms with van der Waals surface area (Å²) in [5.74, 6) is -2.33. The Kier molecular flexibility index (Phi) is 9.40. The SMILES string of the molecule is CCc1cc2ncc(CN3CCN(c4ccc(C(=O)NC5CCN(c6ccc7c(c6)C(=O)N(C6CCC(=O)NC6=O)C7=O)CC5)nc4)CC3)cc2[nH]c1=O. The van der Waals surface area contributed by atoms with Crippen LogP contribution in [-0.4, -0.2) is 106 Å². The van der Waals surface area contributed by atoms with E-state index in [-0.39, 0.29) is 41.5 Å². The quantitative estimate of drug-likeness (QED) is 0.226. The Morgan fingerprint density at radius 2 is 1.56 bits per heavy atom. The van der Waals surface area contributed by atoms with Crippen molar-refractivity contribution in [3.8, 4) is 0 Å². The monoisotopic (exact) mass is 731 g/mol. The van der Waals surface area contributed by atoms with Crippen LogP contribution in [0.2, 0.25) is 0 Å². The van der Waals surface area contributed by atoms with E-state index in [2.05, 4.69) is 40.3 Å². The first-order valence-corrected chi connectivity index (χ1v) is 18.5. The number of imide groups is 2. The van der Waals surface area contributed by atoms with Crippen LogP contribution in [0.25, 0.3) is 11.0 Å². The standard InChI is InChI=1S/C39H41N9O6/c1-2-24-18-31-32(43-35(24)50)17-23(20-40-31)22-45-13-15-47(16-14-45)27-4-6-30(41-21-27)36(51)42-25-9-11-46(12-10-25)26-3-5-28-29(19-26)39(54)48(38(28)53)33-7-8-34(49)44-37(33)52/h3-6,17-21,25,33H,2,7-16,22H2,1H3,(H,42,51)(H,43,50)(H,44,49,52). The van der Waals surface area contributed by atoms with Gasteiger partial charge in [-0.15, -0.1) is 0 Å². The number of aromatic amines is 1. The number of piperazine rings is 1. The molecule has 0 bridgehead atoms. The molecule has 8 rings (SSSR count). The van der Waals surface area contributed by atoms with Gasteiger partial charge in [-0.1, -0.05) is 6.92 Å². The molecule has 1 atom stereocenters. The highest BCUT2D eigenvalue weighted by molar-refractivity contribution is 6.23. The van der Waals surface area contributed by atoms with Crippen LogP contribution in [0.1, 0.15) is 74.9 Å². The predicted octanol–water partition coefficient (Wildman–Crippen LogP) is 2.00. The van der Waals surface area contributed by atoms with Crippen LogP contribution in [0.5, 0.6) is 0 Å². The Labute approximate surface area is 310 Å². The van der Waals surface area contributed by atoms with E-state index in [0.29, 0.717) is 38.0 Å². The maximum Gasteiger partial charge on any atom is 0.270 e. The summed E-state index contributed by atoms with van der Waals surface area (Å²) >= 11 is 0. The summed E-state index contributed by atoms with van der Waals surface area (Å²) in [7, 11) is 0. The van der Waals surface area contributed by atoms with Gasteiger partial charge in [0.15, 0.2) is 0 Å². The highest BCUT2D eigenvalue weighted by Crippen LogP contribution is 2.32. The van der Waals surface area contributed by atoms with Gasteiger partial charge in [0.2, 0.25) is 11.8 Å². The van der Waals surface area contributed by atoms with E-state index in [1.807, 2.05) is 31.3 Å². The minimum Gasteiger partial charge on any atom is -0.371 e. The maximum atomic E-state index is 13.3. The number of carbonyl (C=O) groups excluding carboxylic acids is 5. The van der Waals surface area contributed by atoms with Crippen molar-refractivity contribution in [1.82, 2.24) is 35.4 Å². The van der Waals surface area contributed by atoms with Gasteiger partial charge in [-0.25, -0.2) is 4.98 Å². The Morgan fingerprint density at radius 3 is 2.28 bits per heavy atom. The first-order valence-electron chi connectivity index (χ1n) is 18.5. The number of pyridine rings is 3. The Hall–Kier alpha value is -5.96. The zero-order valence-electron chi connectivity index (χ0n) is 30.0. The molecule has 0 radical (unpaired) electrons. The van der Waals surface area contributed by atoms with Crippen LogP contribution in [0, 0.1) is 0 Å². The lowest BCUT2D eigenvalue weighted by Crippen LogP contribution is -2.54. The number of anilines is 2. The molecule has 15 nitrogen and oxygen atoms in total. The first-order chi connectivity index (χ1) is 26.1. The van der Waals surface area contributed by atoms with Crippen molar-refractivity contribution in [3.63, 3.8) is 0 Å². The van der Waals surface area contributed by atoms with E-state index < -0.39 is 29.7 Å². The largest absolute Gasteiger partial charge is 0.371 e. The molecule has 4 aromatic rings. The number of piperidine rings is 2. The van der Waals surface area contributed by atoms with E-state index >= 15 is 0 Å². The van der Waals surface area contributed by atoms with Crippen molar-refractivity contribution >= 4 is 51.9 Å². The van der Waals surface area contributed by atoms with Gasteiger partial charge >= 0.3 is 0 Å². The lowest BCUT2D eigenvalue weighted by atomic mass is 10.0. The minimum absolute atomic E-state index is 0.0455. The smallest absolute Gasteiger partial charge is 0.270 e. The Balaban J connectivity index is 0.809. The van der Waals surface area contributed by atoms with Crippen LogP contribution < -0.4 is 26.0 Å². The molecule has 4 aliphatic rings. The summed E-state index contributed by atoms with van der Waals surface area (Å²) in [6.45, 7) is 7.31. The second kappa shape index (κ2) is 14.5. The van der Waals surface area contributed by atoms with E-state index in [4.69, 9.17) is 0 Å². The van der Waals surface area contributed by atoms with Crippen LogP contribution in [0.15, 0.2) is 59.7 Å². The van der Waals surface area contributed by atoms with E-state index in [0.717, 1.165) is 71.2 Å². The lowest BCUT2D eigenvalue weighted by Gasteiger charge is -2.36. The number of fused-ring (bicyclic) bond motifs is 2. The number of aromatic nitrogens is 3. The fraction of sp³-hybridized carbons (Fsp3) is 0.385. The number of benzene rings is 1. The molecule has 1 aromatic carbocycles. The summed E-state index contributed by atoms with van der Waals surface area (Å²) in [6.07, 6.45) is 5.85. The van der Waals surface area contributed by atoms with Gasteiger partial charge in [0.25, 0.3) is 23.3 Å². The summed E-state index contributed by atoms with van der Waals surface area (Å²) in [5, 5.41) is 5.34. The van der Waals surface area contributed by atoms with E-state index in [9.17, 15) is 28.8 Å². The normalized spacial score (nSPS) is 19.7. The number of amides is 5. The predicted molar refractivity (Wildman–Crippen MR) is 199 cm³/mol. The van der Waals surface area contributed by atoms with Gasteiger partial charge in [0, 0.05) is 75.7 Å². The number of nitrogens with zero attached hydrogens (tertiary/aromatic N) is 6. The summed E-state index contributed by atoms with van der Waals surface area (Å²) < 4.78 is 0. The number of hydrogen-bond acceptors (Lipinski definition) is 11. The van der Waals surface area contributed by atoms with Crippen molar-refractivity contribution in [2.24, 2.45) is 0 Å². The average Bonchev–Trinajstić information content (AvgIpc) is 3.43. The summed E-state index contributed by atoms with van der Waals surface area (Å²) in [6, 6.07) is 11.6. The topological polar surface area (TPSA) is 181 Å². The molecule has 15 heteroatoms. The second-order valence-electron chi connectivity index (χ2n) is 14.3. The molecule has 3 N–H and O–H groups in total. The van der Waals surface area contributed by atoms with Crippen LogP contribution in [0.3, 0.4) is 0 Å². The molecule has 7 heterocycles. The molecule has 3 saturated heterocycles. The average molecular weight is 732 g/mol. The molecule has 4 aliphatic heterocycles. The van der Waals surface area contributed by atoms with Crippen molar-refractivity contribution in [1.29, 1.82) is 0 Å². The van der Waals surface area contributed by atoms with Gasteiger partial charge in [0.05, 0.1) is 34.0 Å². The molecule has 54 heavy (non-hydrogen) atoms. The third-order valence-corrected chi connectivity index (χ3v) is 10.9. The van der Waals surface area contributed by atoms with Gasteiger partial charge in [-0.3, -0.25) is 48.9 Å². The van der Waals surface area contributed by atoms with Crippen molar-refractivity contribution in [3.05, 3.63) is 93.2 Å². The van der Waals surface area contributed by atoms with E-state index in [1.165, 1.54) is 0 Å². The molecule has 1 unspecified atom stereocenters. The minimum atomic E-state index is -1.00. The third kappa shape index (κ3) is 6.82.